The molecule has 1 aliphatic rings. The molecule has 0 spiro atoms. The zero-order valence-electron chi connectivity index (χ0n) is 9.96. The van der Waals surface area contributed by atoms with Gasteiger partial charge < -0.3 is 20.1 Å². The Labute approximate surface area is 96.9 Å². The molecule has 1 heterocycles. The number of ether oxygens (including phenoxy) is 2. The molecule has 94 valence electrons. The molecule has 1 amide bonds. The Morgan fingerprint density at radius 2 is 2.12 bits per heavy atom. The van der Waals surface area contributed by atoms with Gasteiger partial charge in [0.1, 0.15) is 0 Å². The monoisotopic (exact) mass is 230 g/mol. The van der Waals surface area contributed by atoms with Crippen LogP contribution in [0.5, 0.6) is 0 Å². The van der Waals surface area contributed by atoms with Gasteiger partial charge in [0.2, 0.25) is 0 Å². The van der Waals surface area contributed by atoms with Crippen LogP contribution >= 0.6 is 0 Å². The van der Waals surface area contributed by atoms with E-state index in [0.717, 1.165) is 45.1 Å². The Morgan fingerprint density at radius 3 is 2.81 bits per heavy atom. The molecule has 0 radical (unpaired) electrons. The van der Waals surface area contributed by atoms with Crippen molar-refractivity contribution in [3.05, 3.63) is 0 Å². The lowest BCUT2D eigenvalue weighted by Crippen LogP contribution is -2.35. The fourth-order valence-corrected chi connectivity index (χ4v) is 1.69. The summed E-state index contributed by atoms with van der Waals surface area (Å²) < 4.78 is 10.0. The quantitative estimate of drug-likeness (QED) is 0.661. The van der Waals surface area contributed by atoms with E-state index in [-0.39, 0.29) is 6.09 Å². The lowest BCUT2D eigenvalue weighted by atomic mass is 10.0. The van der Waals surface area contributed by atoms with Crippen molar-refractivity contribution in [2.45, 2.75) is 19.8 Å². The molecule has 0 aromatic carbocycles. The molecule has 5 nitrogen and oxygen atoms in total. The van der Waals surface area contributed by atoms with Crippen LogP contribution in [0.15, 0.2) is 0 Å². The topological polar surface area (TPSA) is 59.6 Å². The van der Waals surface area contributed by atoms with Crippen LogP contribution < -0.4 is 10.6 Å². The maximum Gasteiger partial charge on any atom is 0.407 e. The number of amides is 1. The van der Waals surface area contributed by atoms with Gasteiger partial charge in [0, 0.05) is 26.3 Å². The minimum Gasteiger partial charge on any atom is -0.450 e. The van der Waals surface area contributed by atoms with Crippen molar-refractivity contribution in [2.24, 2.45) is 5.92 Å². The van der Waals surface area contributed by atoms with Crippen LogP contribution in [0.3, 0.4) is 0 Å². The van der Waals surface area contributed by atoms with Crippen LogP contribution in [0, 0.1) is 5.92 Å². The molecule has 0 saturated carbocycles. The summed E-state index contributed by atoms with van der Waals surface area (Å²) in [7, 11) is 0. The van der Waals surface area contributed by atoms with Crippen LogP contribution in [0.4, 0.5) is 4.79 Å². The Kier molecular flexibility index (Phi) is 6.92. The van der Waals surface area contributed by atoms with E-state index in [1.807, 2.05) is 0 Å². The van der Waals surface area contributed by atoms with Crippen molar-refractivity contribution < 1.29 is 14.3 Å². The first-order chi connectivity index (χ1) is 7.83. The zero-order chi connectivity index (χ0) is 11.6. The third-order valence-corrected chi connectivity index (χ3v) is 2.62. The minimum atomic E-state index is -0.338. The number of nitrogens with one attached hydrogen (secondary N) is 2. The third kappa shape index (κ3) is 5.92. The summed E-state index contributed by atoms with van der Waals surface area (Å²) in [6.07, 6.45) is 1.94. The SMILES string of the molecule is CCOC(=O)NCCNCC1CCOCC1. The van der Waals surface area contributed by atoms with E-state index in [0.29, 0.717) is 13.2 Å². The van der Waals surface area contributed by atoms with Crippen LogP contribution in [0.2, 0.25) is 0 Å². The summed E-state index contributed by atoms with van der Waals surface area (Å²) in [5.41, 5.74) is 0. The predicted molar refractivity (Wildman–Crippen MR) is 61.4 cm³/mol. The lowest BCUT2D eigenvalue weighted by Gasteiger charge is -2.22. The summed E-state index contributed by atoms with van der Waals surface area (Å²) in [6.45, 7) is 6.39. The second kappa shape index (κ2) is 8.35. The van der Waals surface area contributed by atoms with Gasteiger partial charge in [-0.2, -0.15) is 0 Å². The van der Waals surface area contributed by atoms with Crippen molar-refractivity contribution in [1.29, 1.82) is 0 Å². The number of hydrogen-bond acceptors (Lipinski definition) is 4. The van der Waals surface area contributed by atoms with Gasteiger partial charge in [-0.15, -0.1) is 0 Å². The van der Waals surface area contributed by atoms with E-state index in [2.05, 4.69) is 10.6 Å². The summed E-state index contributed by atoms with van der Waals surface area (Å²) in [6, 6.07) is 0. The first-order valence-corrected chi connectivity index (χ1v) is 6.02. The highest BCUT2D eigenvalue weighted by Gasteiger charge is 2.12. The zero-order valence-corrected chi connectivity index (χ0v) is 9.96. The molecule has 0 atom stereocenters. The Balaban J connectivity index is 1.89. The largest absolute Gasteiger partial charge is 0.450 e. The average Bonchev–Trinajstić information content (AvgIpc) is 2.30. The Hall–Kier alpha value is -0.810. The second-order valence-corrected chi connectivity index (χ2v) is 3.91. The highest BCUT2D eigenvalue weighted by atomic mass is 16.5. The molecule has 0 aliphatic carbocycles. The van der Waals surface area contributed by atoms with Gasteiger partial charge in [0.25, 0.3) is 0 Å². The predicted octanol–water partition coefficient (Wildman–Crippen LogP) is 0.749. The fourth-order valence-electron chi connectivity index (χ4n) is 1.69. The Bertz CT molecular complexity index is 194. The summed E-state index contributed by atoms with van der Waals surface area (Å²) in [5.74, 6) is 0.719. The Morgan fingerprint density at radius 1 is 1.38 bits per heavy atom. The molecule has 5 heteroatoms. The molecule has 1 rings (SSSR count). The van der Waals surface area contributed by atoms with E-state index in [4.69, 9.17) is 9.47 Å². The molecule has 16 heavy (non-hydrogen) atoms. The number of hydrogen-bond donors (Lipinski definition) is 2. The van der Waals surface area contributed by atoms with E-state index < -0.39 is 0 Å². The molecule has 0 unspecified atom stereocenters. The highest BCUT2D eigenvalue weighted by molar-refractivity contribution is 5.66. The molecule has 0 bridgehead atoms. The van der Waals surface area contributed by atoms with Gasteiger partial charge in [-0.3, -0.25) is 0 Å². The number of carbonyl (C=O) groups is 1. The second-order valence-electron chi connectivity index (χ2n) is 3.91. The normalized spacial score (nSPS) is 17.1. The van der Waals surface area contributed by atoms with Crippen LogP contribution in [-0.2, 0) is 9.47 Å². The molecule has 1 saturated heterocycles. The highest BCUT2D eigenvalue weighted by Crippen LogP contribution is 2.12. The first-order valence-electron chi connectivity index (χ1n) is 6.02. The van der Waals surface area contributed by atoms with Gasteiger partial charge in [0.05, 0.1) is 6.61 Å². The first kappa shape index (κ1) is 13.3. The van der Waals surface area contributed by atoms with Gasteiger partial charge >= 0.3 is 6.09 Å². The molecule has 2 N–H and O–H groups in total. The van der Waals surface area contributed by atoms with Crippen molar-refractivity contribution in [3.8, 4) is 0 Å². The molecule has 0 aromatic rings. The van der Waals surface area contributed by atoms with Crippen molar-refractivity contribution in [2.75, 3.05) is 39.5 Å². The average molecular weight is 230 g/mol. The minimum absolute atomic E-state index is 0.338. The molecule has 1 fully saturated rings. The molecule has 1 aliphatic heterocycles. The molecular weight excluding hydrogens is 208 g/mol. The van der Waals surface area contributed by atoms with Crippen LogP contribution in [-0.4, -0.2) is 45.5 Å². The summed E-state index contributed by atoms with van der Waals surface area (Å²) in [4.78, 5) is 10.9. The van der Waals surface area contributed by atoms with E-state index >= 15 is 0 Å². The number of alkyl carbamates (subject to hydrolysis) is 1. The maximum absolute atomic E-state index is 10.9. The molecular formula is C11H22N2O3. The van der Waals surface area contributed by atoms with Gasteiger partial charge in [0.15, 0.2) is 0 Å². The smallest absolute Gasteiger partial charge is 0.407 e. The molecule has 0 aromatic heterocycles. The number of rotatable bonds is 6. The summed E-state index contributed by atoms with van der Waals surface area (Å²) >= 11 is 0. The van der Waals surface area contributed by atoms with Gasteiger partial charge in [-0.1, -0.05) is 0 Å². The lowest BCUT2D eigenvalue weighted by molar-refractivity contribution is 0.0664. The third-order valence-electron chi connectivity index (χ3n) is 2.62. The van der Waals surface area contributed by atoms with E-state index in [1.54, 1.807) is 6.92 Å². The van der Waals surface area contributed by atoms with Gasteiger partial charge in [-0.05, 0) is 32.2 Å². The van der Waals surface area contributed by atoms with Crippen molar-refractivity contribution in [3.63, 3.8) is 0 Å². The fraction of sp³-hybridized carbons (Fsp3) is 0.909. The summed E-state index contributed by atoms with van der Waals surface area (Å²) in [5, 5.41) is 6.00. The van der Waals surface area contributed by atoms with Crippen LogP contribution in [0.25, 0.3) is 0 Å². The standard InChI is InChI=1S/C11H22N2O3/c1-2-16-11(14)13-6-5-12-9-10-3-7-15-8-4-10/h10,12H,2-9H2,1H3,(H,13,14). The van der Waals surface area contributed by atoms with Crippen LogP contribution in [0.1, 0.15) is 19.8 Å². The van der Waals surface area contributed by atoms with Gasteiger partial charge in [-0.25, -0.2) is 4.79 Å². The number of carbonyl (C=O) groups excluding carboxylic acids is 1. The van der Waals surface area contributed by atoms with Crippen molar-refractivity contribution in [1.82, 2.24) is 10.6 Å². The van der Waals surface area contributed by atoms with Crippen molar-refractivity contribution >= 4 is 6.09 Å². The van der Waals surface area contributed by atoms with E-state index in [9.17, 15) is 4.79 Å². The van der Waals surface area contributed by atoms with E-state index in [1.165, 1.54) is 0 Å². The maximum atomic E-state index is 10.9.